The van der Waals surface area contributed by atoms with Crippen LogP contribution in [0.25, 0.3) is 89.4 Å². The Morgan fingerprint density at radius 2 is 0.536 bits per heavy atom. The highest BCUT2D eigenvalue weighted by Crippen LogP contribution is 2.53. The number of aromatic nitrogens is 2. The zero-order valence-electron chi connectivity index (χ0n) is 47.5. The molecule has 2 aliphatic carbocycles. The second kappa shape index (κ2) is 19.1. The quantitative estimate of drug-likeness (QED) is 0.127. The van der Waals surface area contributed by atoms with Crippen LogP contribution in [-0.2, 0) is 10.8 Å². The Hall–Kier alpha value is -10.4. The number of hydrogen-bond acceptors (Lipinski definition) is 2. The van der Waals surface area contributed by atoms with Gasteiger partial charge in [0.25, 0.3) is 0 Å². The molecule has 0 unspecified atom stereocenters. The summed E-state index contributed by atoms with van der Waals surface area (Å²) in [6.45, 7) is 9.43. The van der Waals surface area contributed by atoms with Crippen molar-refractivity contribution in [3.8, 4) is 33.6 Å². The molecule has 0 bridgehead atoms. The van der Waals surface area contributed by atoms with Crippen molar-refractivity contribution in [2.45, 2.75) is 38.5 Å². The molecule has 0 atom stereocenters. The minimum atomic E-state index is -0.133. The molecule has 0 aliphatic heterocycles. The van der Waals surface area contributed by atoms with E-state index in [4.69, 9.17) is 0 Å². The summed E-state index contributed by atoms with van der Waals surface area (Å²) in [5.74, 6) is 0. The van der Waals surface area contributed by atoms with Crippen LogP contribution in [0.2, 0.25) is 0 Å². The molecule has 2 aromatic heterocycles. The van der Waals surface area contributed by atoms with Gasteiger partial charge in [0.15, 0.2) is 0 Å². The molecule has 400 valence electrons. The minimum Gasteiger partial charge on any atom is -0.310 e. The van der Waals surface area contributed by atoms with E-state index in [2.05, 4.69) is 338 Å². The fraction of sp³-hybridized carbons (Fsp3) is 0.0750. The van der Waals surface area contributed by atoms with Crippen LogP contribution in [0, 0.1) is 0 Å². The smallest absolute Gasteiger partial charge is 0.0541 e. The SMILES string of the molecule is CC1(C)c2ccccc2-c2ccc(N(c3ccc(C=Cc4ccc(N(c5ccc(-n6c7ccccc7c7ccccc76)cc5)c5ccc6c(c5)C(C)(C)c5ccccc5-6)cc4)cc3)c3ccc(-n4c5ccccc5c5ccccc54)cc3)cc21. The van der Waals surface area contributed by atoms with Crippen LogP contribution in [0.1, 0.15) is 61.1 Å². The number of anilines is 6. The zero-order valence-corrected chi connectivity index (χ0v) is 47.5. The maximum atomic E-state index is 2.42. The van der Waals surface area contributed by atoms with E-state index in [9.17, 15) is 0 Å². The first kappa shape index (κ1) is 49.4. The van der Waals surface area contributed by atoms with Gasteiger partial charge in [-0.25, -0.2) is 0 Å². The number of benzene rings is 12. The van der Waals surface area contributed by atoms with E-state index in [1.165, 1.54) is 88.1 Å². The Kier molecular flexibility index (Phi) is 11.2. The van der Waals surface area contributed by atoms with Gasteiger partial charge in [0.05, 0.1) is 22.1 Å². The molecule has 0 saturated heterocycles. The van der Waals surface area contributed by atoms with Crippen LogP contribution in [-0.4, -0.2) is 9.13 Å². The lowest BCUT2D eigenvalue weighted by Crippen LogP contribution is -2.16. The van der Waals surface area contributed by atoms with Gasteiger partial charge in [-0.1, -0.05) is 198 Å². The summed E-state index contributed by atoms with van der Waals surface area (Å²) in [7, 11) is 0. The summed E-state index contributed by atoms with van der Waals surface area (Å²) in [5, 5.41) is 5.03. The van der Waals surface area contributed by atoms with Crippen molar-refractivity contribution in [3.63, 3.8) is 0 Å². The number of fused-ring (bicyclic) bond motifs is 12. The average Bonchev–Trinajstić information content (AvgIpc) is 2.99. The van der Waals surface area contributed by atoms with Crippen LogP contribution in [0.4, 0.5) is 34.1 Å². The van der Waals surface area contributed by atoms with Gasteiger partial charge in [-0.3, -0.25) is 0 Å². The summed E-state index contributed by atoms with van der Waals surface area (Å²) >= 11 is 0. The normalized spacial score (nSPS) is 13.6. The van der Waals surface area contributed by atoms with E-state index in [-0.39, 0.29) is 10.8 Å². The molecular formula is C80H60N4. The molecule has 0 radical (unpaired) electrons. The molecule has 12 aromatic carbocycles. The maximum Gasteiger partial charge on any atom is 0.0541 e. The molecule has 16 rings (SSSR count). The Morgan fingerprint density at radius 3 is 0.881 bits per heavy atom. The third kappa shape index (κ3) is 7.74. The third-order valence-corrected chi connectivity index (χ3v) is 18.3. The monoisotopic (exact) mass is 1080 g/mol. The van der Waals surface area contributed by atoms with Crippen molar-refractivity contribution in [1.29, 1.82) is 0 Å². The van der Waals surface area contributed by atoms with E-state index in [1.807, 2.05) is 0 Å². The predicted molar refractivity (Wildman–Crippen MR) is 355 cm³/mol. The molecule has 2 heterocycles. The Labute approximate surface area is 490 Å². The van der Waals surface area contributed by atoms with Gasteiger partial charge in [-0.2, -0.15) is 0 Å². The Bertz CT molecular complexity index is 4510. The van der Waals surface area contributed by atoms with Crippen molar-refractivity contribution >= 4 is 89.9 Å². The molecule has 0 spiro atoms. The molecule has 4 heteroatoms. The van der Waals surface area contributed by atoms with Crippen molar-refractivity contribution < 1.29 is 0 Å². The highest BCUT2D eigenvalue weighted by atomic mass is 15.1. The fourth-order valence-electron chi connectivity index (χ4n) is 14.1. The Morgan fingerprint density at radius 1 is 0.262 bits per heavy atom. The van der Waals surface area contributed by atoms with Crippen molar-refractivity contribution in [1.82, 2.24) is 9.13 Å². The maximum absolute atomic E-state index is 2.42. The van der Waals surface area contributed by atoms with Gasteiger partial charge in [0.2, 0.25) is 0 Å². The molecule has 4 nitrogen and oxygen atoms in total. The van der Waals surface area contributed by atoms with Crippen LogP contribution >= 0.6 is 0 Å². The van der Waals surface area contributed by atoms with Crippen molar-refractivity contribution in [2.75, 3.05) is 9.80 Å². The second-order valence-corrected chi connectivity index (χ2v) is 23.8. The molecule has 0 saturated carbocycles. The first-order valence-corrected chi connectivity index (χ1v) is 29.3. The summed E-state index contributed by atoms with van der Waals surface area (Å²) in [6.07, 6.45) is 4.45. The van der Waals surface area contributed by atoms with Gasteiger partial charge in [-0.05, 0) is 177 Å². The molecule has 84 heavy (non-hydrogen) atoms. The van der Waals surface area contributed by atoms with Gasteiger partial charge in [0, 0.05) is 77.9 Å². The predicted octanol–water partition coefficient (Wildman–Crippen LogP) is 21.6. The van der Waals surface area contributed by atoms with Crippen molar-refractivity contribution in [2.24, 2.45) is 0 Å². The summed E-state index contributed by atoms with van der Waals surface area (Å²) in [4.78, 5) is 4.82. The largest absolute Gasteiger partial charge is 0.310 e. The molecular weight excluding hydrogens is 1020 g/mol. The lowest BCUT2D eigenvalue weighted by molar-refractivity contribution is 0.660. The number of para-hydroxylation sites is 4. The molecule has 14 aromatic rings. The average molecular weight is 1080 g/mol. The summed E-state index contributed by atoms with van der Waals surface area (Å²) < 4.78 is 4.78. The van der Waals surface area contributed by atoms with Gasteiger partial charge >= 0.3 is 0 Å². The van der Waals surface area contributed by atoms with Crippen LogP contribution in [0.15, 0.2) is 279 Å². The molecule has 0 N–H and O–H groups in total. The van der Waals surface area contributed by atoms with Crippen LogP contribution < -0.4 is 9.80 Å². The Balaban J connectivity index is 0.730. The zero-order chi connectivity index (χ0) is 56.3. The number of rotatable bonds is 10. The summed E-state index contributed by atoms with van der Waals surface area (Å²) in [5.41, 5.74) is 26.4. The highest BCUT2D eigenvalue weighted by Gasteiger charge is 2.37. The van der Waals surface area contributed by atoms with Gasteiger partial charge in [-0.15, -0.1) is 0 Å². The molecule has 0 fully saturated rings. The topological polar surface area (TPSA) is 16.3 Å². The van der Waals surface area contributed by atoms with Crippen LogP contribution in [0.5, 0.6) is 0 Å². The van der Waals surface area contributed by atoms with Gasteiger partial charge < -0.3 is 18.9 Å². The number of nitrogens with zero attached hydrogens (tertiary/aromatic N) is 4. The lowest BCUT2D eigenvalue weighted by atomic mass is 9.82. The van der Waals surface area contributed by atoms with E-state index >= 15 is 0 Å². The molecule has 2 aliphatic rings. The standard InChI is InChI=1S/C80H60N4/c1-79(2)71-23-11-5-17-63(71)65-49-47-61(51-73(65)79)81(57-39-43-59(44-40-57)83-75-25-13-7-19-67(75)68-20-8-14-26-76(68)83)55-35-31-53(32-36-55)29-30-54-33-37-56(38-34-54)82(62-48-50-66-64-18-6-12-24-72(64)80(3,4)74(66)52-62)58-41-45-60(46-42-58)84-77-27-15-9-21-69(77)70-22-10-16-28-78(70)84/h5-52H,1-4H3. The lowest BCUT2D eigenvalue weighted by Gasteiger charge is -2.28. The van der Waals surface area contributed by atoms with E-state index in [0.717, 1.165) is 56.6 Å². The van der Waals surface area contributed by atoms with E-state index in [0.29, 0.717) is 0 Å². The van der Waals surface area contributed by atoms with Crippen LogP contribution in [0.3, 0.4) is 0 Å². The first-order chi connectivity index (χ1) is 41.2. The number of hydrogen-bond donors (Lipinski definition) is 0. The fourth-order valence-corrected chi connectivity index (χ4v) is 14.1. The minimum absolute atomic E-state index is 0.133. The molecule has 0 amide bonds. The highest BCUT2D eigenvalue weighted by molar-refractivity contribution is 6.10. The first-order valence-electron chi connectivity index (χ1n) is 29.3. The van der Waals surface area contributed by atoms with Crippen molar-refractivity contribution in [3.05, 3.63) is 312 Å². The van der Waals surface area contributed by atoms with E-state index in [1.54, 1.807) is 0 Å². The second-order valence-electron chi connectivity index (χ2n) is 23.8. The van der Waals surface area contributed by atoms with E-state index < -0.39 is 0 Å². The summed E-state index contributed by atoms with van der Waals surface area (Å²) in [6, 6.07) is 103. The van der Waals surface area contributed by atoms with Gasteiger partial charge in [0.1, 0.15) is 0 Å². The third-order valence-electron chi connectivity index (χ3n) is 18.3.